The maximum atomic E-state index is 11.6. The van der Waals surface area contributed by atoms with Crippen molar-refractivity contribution in [2.24, 2.45) is 7.05 Å². The molecule has 0 aliphatic rings. The fourth-order valence-corrected chi connectivity index (χ4v) is 1.76. The molecule has 0 fully saturated rings. The Morgan fingerprint density at radius 2 is 2.00 bits per heavy atom. The zero-order chi connectivity index (χ0) is 11.8. The Bertz CT molecular complexity index is 743. The second-order valence-electron chi connectivity index (χ2n) is 3.69. The van der Waals surface area contributed by atoms with Gasteiger partial charge in [-0.05, 0) is 0 Å². The molecule has 84 valence electrons. The van der Waals surface area contributed by atoms with Crippen LogP contribution in [0.3, 0.4) is 0 Å². The molecule has 0 amide bonds. The Balaban J connectivity index is 2.38. The van der Waals surface area contributed by atoms with E-state index in [1.54, 1.807) is 23.3 Å². The highest BCUT2D eigenvalue weighted by Crippen LogP contribution is 2.22. The van der Waals surface area contributed by atoms with Gasteiger partial charge in [-0.2, -0.15) is 5.10 Å². The van der Waals surface area contributed by atoms with Gasteiger partial charge in [-0.3, -0.25) is 14.5 Å². The lowest BCUT2D eigenvalue weighted by Crippen LogP contribution is -2.08. The van der Waals surface area contributed by atoms with Gasteiger partial charge in [-0.15, -0.1) is 0 Å². The highest BCUT2D eigenvalue weighted by Gasteiger charge is 2.09. The van der Waals surface area contributed by atoms with Crippen molar-refractivity contribution < 1.29 is 0 Å². The summed E-state index contributed by atoms with van der Waals surface area (Å²) in [6.07, 6.45) is 8.30. The SMILES string of the molecule is Cn1cc(-c2c[nH]c(=O)c3nccnc23)cn1. The summed E-state index contributed by atoms with van der Waals surface area (Å²) in [5.41, 5.74) is 2.41. The number of fused-ring (bicyclic) bond motifs is 1. The molecule has 0 radical (unpaired) electrons. The van der Waals surface area contributed by atoms with Crippen LogP contribution in [0.4, 0.5) is 0 Å². The third-order valence-electron chi connectivity index (χ3n) is 2.53. The number of aromatic amines is 1. The van der Waals surface area contributed by atoms with Gasteiger partial charge < -0.3 is 4.98 Å². The van der Waals surface area contributed by atoms with E-state index in [0.29, 0.717) is 11.0 Å². The zero-order valence-electron chi connectivity index (χ0n) is 9.08. The second kappa shape index (κ2) is 3.51. The Labute approximate surface area is 96.0 Å². The highest BCUT2D eigenvalue weighted by atomic mass is 16.1. The number of hydrogen-bond acceptors (Lipinski definition) is 4. The first kappa shape index (κ1) is 9.71. The lowest BCUT2D eigenvalue weighted by Gasteiger charge is -2.01. The van der Waals surface area contributed by atoms with Gasteiger partial charge in [0.1, 0.15) is 5.52 Å². The number of H-pyrrole nitrogens is 1. The number of rotatable bonds is 1. The molecule has 0 aliphatic heterocycles. The molecule has 0 aliphatic carbocycles. The van der Waals surface area contributed by atoms with E-state index in [-0.39, 0.29) is 5.56 Å². The highest BCUT2D eigenvalue weighted by molar-refractivity contribution is 5.89. The number of pyridine rings is 1. The van der Waals surface area contributed by atoms with Crippen LogP contribution in [0.15, 0.2) is 35.8 Å². The van der Waals surface area contributed by atoms with Gasteiger partial charge in [-0.25, -0.2) is 4.98 Å². The van der Waals surface area contributed by atoms with Crippen molar-refractivity contribution in [3.8, 4) is 11.1 Å². The smallest absolute Gasteiger partial charge is 0.276 e. The van der Waals surface area contributed by atoms with Crippen LogP contribution in [-0.2, 0) is 7.05 Å². The molecule has 6 nitrogen and oxygen atoms in total. The largest absolute Gasteiger partial charge is 0.326 e. The van der Waals surface area contributed by atoms with E-state index >= 15 is 0 Å². The molecule has 0 saturated heterocycles. The van der Waals surface area contributed by atoms with Crippen LogP contribution in [0.2, 0.25) is 0 Å². The summed E-state index contributed by atoms with van der Waals surface area (Å²) in [5, 5.41) is 4.10. The number of nitrogens with zero attached hydrogens (tertiary/aromatic N) is 4. The first-order valence-corrected chi connectivity index (χ1v) is 5.07. The van der Waals surface area contributed by atoms with Gasteiger partial charge in [0.2, 0.25) is 0 Å². The minimum absolute atomic E-state index is 0.235. The molecule has 1 N–H and O–H groups in total. The van der Waals surface area contributed by atoms with Gasteiger partial charge in [0, 0.05) is 43.0 Å². The minimum Gasteiger partial charge on any atom is -0.326 e. The molecule has 0 spiro atoms. The molecule has 0 aromatic carbocycles. The quantitative estimate of drug-likeness (QED) is 0.664. The molecule has 6 heteroatoms. The van der Waals surface area contributed by atoms with E-state index in [2.05, 4.69) is 20.1 Å². The van der Waals surface area contributed by atoms with Gasteiger partial charge in [-0.1, -0.05) is 0 Å². The zero-order valence-corrected chi connectivity index (χ0v) is 9.08. The topological polar surface area (TPSA) is 76.5 Å². The van der Waals surface area contributed by atoms with Crippen molar-refractivity contribution in [1.82, 2.24) is 24.7 Å². The van der Waals surface area contributed by atoms with E-state index < -0.39 is 0 Å². The van der Waals surface area contributed by atoms with Crippen molar-refractivity contribution >= 4 is 11.0 Å². The van der Waals surface area contributed by atoms with Crippen molar-refractivity contribution in [3.63, 3.8) is 0 Å². The third-order valence-corrected chi connectivity index (χ3v) is 2.53. The predicted molar refractivity (Wildman–Crippen MR) is 62.4 cm³/mol. The molecule has 3 aromatic rings. The van der Waals surface area contributed by atoms with Crippen molar-refractivity contribution in [2.45, 2.75) is 0 Å². The van der Waals surface area contributed by atoms with Crippen LogP contribution in [0.25, 0.3) is 22.2 Å². The molecule has 0 saturated carbocycles. The van der Waals surface area contributed by atoms with Crippen LogP contribution in [0, 0.1) is 0 Å². The summed E-state index contributed by atoms with van der Waals surface area (Å²) in [7, 11) is 1.84. The van der Waals surface area contributed by atoms with Crippen LogP contribution in [-0.4, -0.2) is 24.7 Å². The van der Waals surface area contributed by atoms with Crippen molar-refractivity contribution in [3.05, 3.63) is 41.3 Å². The molecular weight excluding hydrogens is 218 g/mol. The van der Waals surface area contributed by atoms with Gasteiger partial charge in [0.05, 0.1) is 6.20 Å². The summed E-state index contributed by atoms with van der Waals surface area (Å²) in [5.74, 6) is 0. The fourth-order valence-electron chi connectivity index (χ4n) is 1.76. The molecule has 0 bridgehead atoms. The van der Waals surface area contributed by atoms with Gasteiger partial charge in [0.15, 0.2) is 5.52 Å². The second-order valence-corrected chi connectivity index (χ2v) is 3.69. The summed E-state index contributed by atoms with van der Waals surface area (Å²) >= 11 is 0. The van der Waals surface area contributed by atoms with E-state index in [4.69, 9.17) is 0 Å². The van der Waals surface area contributed by atoms with Crippen LogP contribution >= 0.6 is 0 Å². The number of aryl methyl sites for hydroxylation is 1. The average Bonchev–Trinajstić information content (AvgIpc) is 2.77. The summed E-state index contributed by atoms with van der Waals surface area (Å²) in [6.45, 7) is 0. The molecule has 0 atom stereocenters. The fraction of sp³-hybridized carbons (Fsp3) is 0.0909. The van der Waals surface area contributed by atoms with Crippen LogP contribution in [0.1, 0.15) is 0 Å². The predicted octanol–water partition coefficient (Wildman–Crippen LogP) is 0.719. The van der Waals surface area contributed by atoms with Gasteiger partial charge in [0.25, 0.3) is 5.56 Å². The molecule has 3 heterocycles. The summed E-state index contributed by atoms with van der Waals surface area (Å²) < 4.78 is 1.70. The van der Waals surface area contributed by atoms with Crippen molar-refractivity contribution in [2.75, 3.05) is 0 Å². The summed E-state index contributed by atoms with van der Waals surface area (Å²) in [4.78, 5) is 22.5. The first-order chi connectivity index (χ1) is 8.25. The van der Waals surface area contributed by atoms with E-state index in [1.807, 2.05) is 13.2 Å². The van der Waals surface area contributed by atoms with E-state index in [0.717, 1.165) is 11.1 Å². The Hall–Kier alpha value is -2.50. The average molecular weight is 227 g/mol. The lowest BCUT2D eigenvalue weighted by atomic mass is 10.1. The Morgan fingerprint density at radius 3 is 2.71 bits per heavy atom. The molecule has 3 rings (SSSR count). The van der Waals surface area contributed by atoms with E-state index in [9.17, 15) is 4.79 Å². The number of aromatic nitrogens is 5. The van der Waals surface area contributed by atoms with Crippen LogP contribution < -0.4 is 5.56 Å². The molecular formula is C11H9N5O. The van der Waals surface area contributed by atoms with Crippen LogP contribution in [0.5, 0.6) is 0 Å². The normalized spacial score (nSPS) is 10.9. The molecule has 0 unspecified atom stereocenters. The Kier molecular flexibility index (Phi) is 2.01. The number of nitrogens with one attached hydrogen (secondary N) is 1. The standard InChI is InChI=1S/C11H9N5O/c1-16-6-7(4-15-16)8-5-14-11(17)10-9(8)12-2-3-13-10/h2-6H,1H3,(H,14,17). The van der Waals surface area contributed by atoms with Gasteiger partial charge >= 0.3 is 0 Å². The monoisotopic (exact) mass is 227 g/mol. The van der Waals surface area contributed by atoms with Crippen molar-refractivity contribution in [1.29, 1.82) is 0 Å². The maximum absolute atomic E-state index is 11.6. The molecule has 17 heavy (non-hydrogen) atoms. The third kappa shape index (κ3) is 1.50. The first-order valence-electron chi connectivity index (χ1n) is 5.07. The summed E-state index contributed by atoms with van der Waals surface area (Å²) in [6, 6.07) is 0. The Morgan fingerprint density at radius 1 is 1.24 bits per heavy atom. The molecule has 3 aromatic heterocycles. The van der Waals surface area contributed by atoms with E-state index in [1.165, 1.54) is 6.20 Å². The lowest BCUT2D eigenvalue weighted by molar-refractivity contribution is 0.768. The minimum atomic E-state index is -0.235. The number of hydrogen-bond donors (Lipinski definition) is 1. The maximum Gasteiger partial charge on any atom is 0.276 e.